The van der Waals surface area contributed by atoms with Crippen LogP contribution >= 0.6 is 0 Å². The van der Waals surface area contributed by atoms with Crippen molar-refractivity contribution in [2.24, 2.45) is 0 Å². The van der Waals surface area contributed by atoms with E-state index < -0.39 is 6.04 Å². The predicted molar refractivity (Wildman–Crippen MR) is 140 cm³/mol. The van der Waals surface area contributed by atoms with E-state index in [1.807, 2.05) is 107 Å². The maximum atomic E-state index is 13.7. The molecule has 0 aliphatic rings. The van der Waals surface area contributed by atoms with Gasteiger partial charge >= 0.3 is 0 Å². The van der Waals surface area contributed by atoms with E-state index >= 15 is 0 Å². The first-order valence-electron chi connectivity index (χ1n) is 12.1. The Labute approximate surface area is 209 Å². The van der Waals surface area contributed by atoms with Gasteiger partial charge in [0.15, 0.2) is 6.61 Å². The number of nitrogens with one attached hydrogen (secondary N) is 1. The van der Waals surface area contributed by atoms with Crippen molar-refractivity contribution < 1.29 is 14.3 Å². The summed E-state index contributed by atoms with van der Waals surface area (Å²) in [5, 5.41) is 3.02. The maximum Gasteiger partial charge on any atom is 0.261 e. The molecule has 5 heteroatoms. The average Bonchev–Trinajstić information content (AvgIpc) is 2.83. The molecule has 1 N–H and O–H groups in total. The minimum absolute atomic E-state index is 0.0395. The van der Waals surface area contributed by atoms with Crippen molar-refractivity contribution in [2.75, 3.05) is 6.61 Å². The van der Waals surface area contributed by atoms with Crippen LogP contribution in [0.2, 0.25) is 0 Å². The number of rotatable bonds is 10. The monoisotopic (exact) mass is 472 g/mol. The molecule has 3 aromatic carbocycles. The Balaban J connectivity index is 1.94. The highest BCUT2D eigenvalue weighted by molar-refractivity contribution is 5.88. The van der Waals surface area contributed by atoms with Gasteiger partial charge in [-0.05, 0) is 68.5 Å². The van der Waals surface area contributed by atoms with Gasteiger partial charge in [0.1, 0.15) is 11.8 Å². The van der Waals surface area contributed by atoms with E-state index in [2.05, 4.69) is 5.32 Å². The molecule has 0 aromatic heterocycles. The molecule has 0 bridgehead atoms. The number of hydrogen-bond donors (Lipinski definition) is 1. The molecule has 5 nitrogen and oxygen atoms in total. The van der Waals surface area contributed by atoms with Crippen molar-refractivity contribution in [3.8, 4) is 5.75 Å². The zero-order chi connectivity index (χ0) is 25.4. The summed E-state index contributed by atoms with van der Waals surface area (Å²) in [6, 6.07) is 23.0. The first-order chi connectivity index (χ1) is 16.7. The largest absolute Gasteiger partial charge is 0.483 e. The van der Waals surface area contributed by atoms with Gasteiger partial charge in [0.25, 0.3) is 5.91 Å². The summed E-state index contributed by atoms with van der Waals surface area (Å²) in [4.78, 5) is 28.7. The van der Waals surface area contributed by atoms with Crippen molar-refractivity contribution >= 4 is 11.8 Å². The van der Waals surface area contributed by atoms with Gasteiger partial charge in [0.05, 0.1) is 0 Å². The lowest BCUT2D eigenvalue weighted by Gasteiger charge is -2.32. The molecule has 2 amide bonds. The van der Waals surface area contributed by atoms with Crippen LogP contribution in [0.25, 0.3) is 0 Å². The molecule has 3 aromatic rings. The van der Waals surface area contributed by atoms with Crippen molar-refractivity contribution in [3.63, 3.8) is 0 Å². The number of carbonyl (C=O) groups excluding carboxylic acids is 2. The number of nitrogens with zero attached hydrogens (tertiary/aromatic N) is 1. The molecule has 0 saturated carbocycles. The second kappa shape index (κ2) is 12.2. The standard InChI is InChI=1S/C30H36N2O3/c1-21(2)31-30(34)27(18-25-12-7-6-8-13-25)32(19-26-14-10-9-11-23(26)4)29(33)20-35-28-17-22(3)15-16-24(28)5/h6-17,21,27H,18-20H2,1-5H3,(H,31,34)/t27-/m1/s1. The van der Waals surface area contributed by atoms with Gasteiger partial charge in [-0.25, -0.2) is 0 Å². The molecule has 0 saturated heterocycles. The number of ether oxygens (including phenoxy) is 1. The summed E-state index contributed by atoms with van der Waals surface area (Å²) < 4.78 is 5.97. The summed E-state index contributed by atoms with van der Waals surface area (Å²) in [6.07, 6.45) is 0.417. The van der Waals surface area contributed by atoms with Crippen molar-refractivity contribution in [1.82, 2.24) is 10.2 Å². The lowest BCUT2D eigenvalue weighted by Crippen LogP contribution is -2.53. The second-order valence-corrected chi connectivity index (χ2v) is 9.37. The Morgan fingerprint density at radius 2 is 1.57 bits per heavy atom. The van der Waals surface area contributed by atoms with E-state index in [0.29, 0.717) is 18.7 Å². The number of amides is 2. The van der Waals surface area contributed by atoms with Crippen LogP contribution in [0.4, 0.5) is 0 Å². The first-order valence-corrected chi connectivity index (χ1v) is 12.1. The van der Waals surface area contributed by atoms with Crippen LogP contribution in [0.3, 0.4) is 0 Å². The molecule has 0 spiro atoms. The molecule has 0 heterocycles. The summed E-state index contributed by atoms with van der Waals surface area (Å²) in [5.74, 6) is 0.284. The van der Waals surface area contributed by atoms with E-state index in [9.17, 15) is 9.59 Å². The zero-order valence-electron chi connectivity index (χ0n) is 21.4. The number of carbonyl (C=O) groups is 2. The minimum Gasteiger partial charge on any atom is -0.483 e. The summed E-state index contributed by atoms with van der Waals surface area (Å²) in [5.41, 5.74) is 5.10. The lowest BCUT2D eigenvalue weighted by atomic mass is 10.0. The predicted octanol–water partition coefficient (Wildman–Crippen LogP) is 5.16. The minimum atomic E-state index is -0.672. The van der Waals surface area contributed by atoms with E-state index in [1.54, 1.807) is 4.90 Å². The Morgan fingerprint density at radius 3 is 2.26 bits per heavy atom. The summed E-state index contributed by atoms with van der Waals surface area (Å²) in [7, 11) is 0. The Hall–Kier alpha value is -3.60. The molecule has 0 radical (unpaired) electrons. The quantitative estimate of drug-likeness (QED) is 0.444. The molecule has 1 atom stereocenters. The fraction of sp³-hybridized carbons (Fsp3) is 0.333. The number of aryl methyl sites for hydroxylation is 3. The Kier molecular flexibility index (Phi) is 9.07. The van der Waals surface area contributed by atoms with Crippen molar-refractivity contribution in [2.45, 2.75) is 59.7 Å². The maximum absolute atomic E-state index is 13.7. The van der Waals surface area contributed by atoms with Crippen LogP contribution in [0.1, 0.15) is 41.7 Å². The molecule has 0 aliphatic carbocycles. The highest BCUT2D eigenvalue weighted by Crippen LogP contribution is 2.21. The molecule has 0 unspecified atom stereocenters. The van der Waals surface area contributed by atoms with Gasteiger partial charge in [-0.15, -0.1) is 0 Å². The normalized spacial score (nSPS) is 11.7. The fourth-order valence-corrected chi connectivity index (χ4v) is 3.99. The van der Waals surface area contributed by atoms with Crippen LogP contribution in [0.15, 0.2) is 72.8 Å². The van der Waals surface area contributed by atoms with Gasteiger partial charge in [0, 0.05) is 19.0 Å². The van der Waals surface area contributed by atoms with Gasteiger partial charge in [-0.2, -0.15) is 0 Å². The van der Waals surface area contributed by atoms with Gasteiger partial charge < -0.3 is 15.0 Å². The van der Waals surface area contributed by atoms with Crippen molar-refractivity contribution in [3.05, 3.63) is 101 Å². The number of hydrogen-bond acceptors (Lipinski definition) is 3. The SMILES string of the molecule is Cc1ccc(C)c(OCC(=O)N(Cc2ccccc2C)[C@H](Cc2ccccc2)C(=O)NC(C)C)c1. The third kappa shape index (κ3) is 7.44. The summed E-state index contributed by atoms with van der Waals surface area (Å²) >= 11 is 0. The van der Waals surface area contributed by atoms with Crippen molar-refractivity contribution in [1.29, 1.82) is 0 Å². The highest BCUT2D eigenvalue weighted by atomic mass is 16.5. The topological polar surface area (TPSA) is 58.6 Å². The van der Waals surface area contributed by atoms with Crippen LogP contribution in [0.5, 0.6) is 5.75 Å². The van der Waals surface area contributed by atoms with E-state index in [1.165, 1.54) is 0 Å². The Morgan fingerprint density at radius 1 is 0.886 bits per heavy atom. The molecule has 0 fully saturated rings. The zero-order valence-corrected chi connectivity index (χ0v) is 21.4. The molecular formula is C30H36N2O3. The van der Waals surface area contributed by atoms with Gasteiger partial charge in [-0.3, -0.25) is 9.59 Å². The van der Waals surface area contributed by atoms with Gasteiger partial charge in [0.2, 0.25) is 5.91 Å². The molecule has 35 heavy (non-hydrogen) atoms. The first kappa shape index (κ1) is 26.0. The van der Waals surface area contributed by atoms with Crippen LogP contribution in [-0.2, 0) is 22.6 Å². The number of benzene rings is 3. The van der Waals surface area contributed by atoms with E-state index in [0.717, 1.165) is 27.8 Å². The van der Waals surface area contributed by atoms with E-state index in [4.69, 9.17) is 4.74 Å². The molecule has 3 rings (SSSR count). The molecular weight excluding hydrogens is 436 g/mol. The lowest BCUT2D eigenvalue weighted by molar-refractivity contribution is -0.143. The van der Waals surface area contributed by atoms with Crippen LogP contribution in [0, 0.1) is 20.8 Å². The van der Waals surface area contributed by atoms with Crippen LogP contribution in [-0.4, -0.2) is 35.4 Å². The van der Waals surface area contributed by atoms with Gasteiger partial charge in [-0.1, -0.05) is 66.7 Å². The summed E-state index contributed by atoms with van der Waals surface area (Å²) in [6.45, 7) is 10.00. The average molecular weight is 473 g/mol. The third-order valence-electron chi connectivity index (χ3n) is 6.00. The fourth-order valence-electron chi connectivity index (χ4n) is 3.99. The molecule has 184 valence electrons. The highest BCUT2D eigenvalue weighted by Gasteiger charge is 2.31. The second-order valence-electron chi connectivity index (χ2n) is 9.37. The third-order valence-corrected chi connectivity index (χ3v) is 6.00. The van der Waals surface area contributed by atoms with E-state index in [-0.39, 0.29) is 24.5 Å². The van der Waals surface area contributed by atoms with Crippen LogP contribution < -0.4 is 10.1 Å². The smallest absolute Gasteiger partial charge is 0.261 e. The molecule has 0 aliphatic heterocycles. The Bertz CT molecular complexity index is 1140.